The van der Waals surface area contributed by atoms with Crippen LogP contribution in [0.25, 0.3) is 0 Å². The third-order valence-corrected chi connectivity index (χ3v) is 4.02. The van der Waals surface area contributed by atoms with Gasteiger partial charge in [0.05, 0.1) is 19.3 Å². The van der Waals surface area contributed by atoms with Gasteiger partial charge in [0, 0.05) is 19.0 Å². The van der Waals surface area contributed by atoms with Crippen molar-refractivity contribution >= 4 is 11.9 Å². The van der Waals surface area contributed by atoms with Gasteiger partial charge in [-0.25, -0.2) is 4.79 Å². The van der Waals surface area contributed by atoms with E-state index in [0.29, 0.717) is 25.7 Å². The summed E-state index contributed by atoms with van der Waals surface area (Å²) < 4.78 is 11.1. The van der Waals surface area contributed by atoms with Gasteiger partial charge in [-0.2, -0.15) is 0 Å². The van der Waals surface area contributed by atoms with Crippen molar-refractivity contribution in [3.05, 3.63) is 0 Å². The van der Waals surface area contributed by atoms with E-state index in [1.54, 1.807) is 0 Å². The van der Waals surface area contributed by atoms with Gasteiger partial charge in [0.1, 0.15) is 0 Å². The van der Waals surface area contributed by atoms with Gasteiger partial charge in [-0.1, -0.05) is 0 Å². The molecule has 2 aliphatic heterocycles. The van der Waals surface area contributed by atoms with Crippen LogP contribution in [0.4, 0.5) is 4.79 Å². The minimum atomic E-state index is -0.439. The summed E-state index contributed by atoms with van der Waals surface area (Å²) in [5, 5.41) is 4.93. The van der Waals surface area contributed by atoms with Gasteiger partial charge in [-0.15, -0.1) is 0 Å². The van der Waals surface area contributed by atoms with E-state index >= 15 is 0 Å². The summed E-state index contributed by atoms with van der Waals surface area (Å²) in [4.78, 5) is 25.6. The summed E-state index contributed by atoms with van der Waals surface area (Å²) in [6.45, 7) is 7.04. The number of carbonyl (C=O) groups excluding carboxylic acids is 2. The molecule has 2 saturated heterocycles. The molecule has 0 aromatic carbocycles. The predicted molar refractivity (Wildman–Crippen MR) is 76.7 cm³/mol. The van der Waals surface area contributed by atoms with E-state index in [-0.39, 0.29) is 18.2 Å². The van der Waals surface area contributed by atoms with Gasteiger partial charge in [-0.3, -0.25) is 15.0 Å². The molecule has 0 spiro atoms. The Balaban J connectivity index is 1.84. The fourth-order valence-corrected chi connectivity index (χ4v) is 2.85. The third-order valence-electron chi connectivity index (χ3n) is 4.02. The molecule has 2 rings (SSSR count). The average Bonchev–Trinajstić information content (AvgIpc) is 3.01. The third kappa shape index (κ3) is 4.39. The Morgan fingerprint density at radius 3 is 2.71 bits per heavy atom. The van der Waals surface area contributed by atoms with Gasteiger partial charge < -0.3 is 14.8 Å². The second kappa shape index (κ2) is 7.72. The molecule has 120 valence electrons. The van der Waals surface area contributed by atoms with Crippen molar-refractivity contribution < 1.29 is 19.1 Å². The minimum Gasteiger partial charge on any atom is -0.350 e. The number of urea groups is 1. The van der Waals surface area contributed by atoms with Crippen molar-refractivity contribution in [1.82, 2.24) is 15.5 Å². The number of hydrogen-bond donors (Lipinski definition) is 2. The summed E-state index contributed by atoms with van der Waals surface area (Å²) in [5.74, 6) is 0.0239. The molecule has 0 aliphatic carbocycles. The van der Waals surface area contributed by atoms with Crippen molar-refractivity contribution in [3.63, 3.8) is 0 Å². The van der Waals surface area contributed by atoms with Crippen LogP contribution in [0.1, 0.15) is 26.7 Å². The highest BCUT2D eigenvalue weighted by Crippen LogP contribution is 2.25. The molecule has 3 amide bonds. The predicted octanol–water partition coefficient (Wildman–Crippen LogP) is 0.306. The molecule has 2 atom stereocenters. The monoisotopic (exact) mass is 299 g/mol. The van der Waals surface area contributed by atoms with Gasteiger partial charge in [0.15, 0.2) is 6.29 Å². The number of piperidine rings is 1. The maximum atomic E-state index is 12.1. The Hall–Kier alpha value is -1.18. The topological polar surface area (TPSA) is 79.9 Å². The highest BCUT2D eigenvalue weighted by Gasteiger charge is 2.34. The number of rotatable bonds is 4. The zero-order valence-electron chi connectivity index (χ0n) is 12.8. The number of hydrogen-bond acceptors (Lipinski definition) is 5. The largest absolute Gasteiger partial charge is 0.350 e. The number of ether oxygens (including phenoxy) is 2. The van der Waals surface area contributed by atoms with Crippen LogP contribution >= 0.6 is 0 Å². The highest BCUT2D eigenvalue weighted by molar-refractivity contribution is 5.96. The fourth-order valence-electron chi connectivity index (χ4n) is 2.85. The molecular weight excluding hydrogens is 274 g/mol. The summed E-state index contributed by atoms with van der Waals surface area (Å²) in [6.07, 6.45) is 1.91. The minimum absolute atomic E-state index is 0.147. The van der Waals surface area contributed by atoms with E-state index < -0.39 is 6.03 Å². The van der Waals surface area contributed by atoms with Gasteiger partial charge in [0.2, 0.25) is 5.91 Å². The van der Waals surface area contributed by atoms with Crippen LogP contribution in [-0.4, -0.2) is 62.0 Å². The molecule has 7 nitrogen and oxygen atoms in total. The van der Waals surface area contributed by atoms with Crippen LogP contribution in [0, 0.1) is 5.92 Å². The SMILES string of the molecule is CCNC(=O)NC(=O)[C@H](C)N1CCC[C@H](C2OCCO2)C1. The number of nitrogens with one attached hydrogen (secondary N) is 2. The molecule has 2 aliphatic rings. The lowest BCUT2D eigenvalue weighted by atomic mass is 9.96. The first-order chi connectivity index (χ1) is 10.1. The van der Waals surface area contributed by atoms with Crippen LogP contribution in [0.3, 0.4) is 0 Å². The molecular formula is C14H25N3O4. The van der Waals surface area contributed by atoms with Gasteiger partial charge in [0.25, 0.3) is 0 Å². The first-order valence-electron chi connectivity index (χ1n) is 7.67. The van der Waals surface area contributed by atoms with Crippen molar-refractivity contribution in [2.75, 3.05) is 32.8 Å². The Morgan fingerprint density at radius 1 is 1.33 bits per heavy atom. The van der Waals surface area contributed by atoms with Crippen LogP contribution < -0.4 is 10.6 Å². The summed E-state index contributed by atoms with van der Waals surface area (Å²) >= 11 is 0. The maximum Gasteiger partial charge on any atom is 0.321 e. The van der Waals surface area contributed by atoms with Gasteiger partial charge in [-0.05, 0) is 33.2 Å². The lowest BCUT2D eigenvalue weighted by Gasteiger charge is -2.37. The number of carbonyl (C=O) groups is 2. The van der Waals surface area contributed by atoms with E-state index in [2.05, 4.69) is 15.5 Å². The van der Waals surface area contributed by atoms with E-state index in [9.17, 15) is 9.59 Å². The summed E-state index contributed by atoms with van der Waals surface area (Å²) in [6, 6.07) is -0.776. The van der Waals surface area contributed by atoms with Crippen LogP contribution in [-0.2, 0) is 14.3 Å². The number of likely N-dealkylation sites (tertiary alicyclic amines) is 1. The van der Waals surface area contributed by atoms with Crippen LogP contribution in [0.5, 0.6) is 0 Å². The highest BCUT2D eigenvalue weighted by atomic mass is 16.7. The average molecular weight is 299 g/mol. The zero-order valence-corrected chi connectivity index (χ0v) is 12.8. The second-order valence-electron chi connectivity index (χ2n) is 5.53. The van der Waals surface area contributed by atoms with Crippen molar-refractivity contribution in [1.29, 1.82) is 0 Å². The Morgan fingerprint density at radius 2 is 2.05 bits per heavy atom. The summed E-state index contributed by atoms with van der Waals surface area (Å²) in [7, 11) is 0. The number of nitrogens with zero attached hydrogens (tertiary/aromatic N) is 1. The maximum absolute atomic E-state index is 12.1. The quantitative estimate of drug-likeness (QED) is 0.781. The molecule has 21 heavy (non-hydrogen) atoms. The smallest absolute Gasteiger partial charge is 0.321 e. The van der Waals surface area contributed by atoms with E-state index in [1.807, 2.05) is 13.8 Å². The van der Waals surface area contributed by atoms with Crippen LogP contribution in [0.15, 0.2) is 0 Å². The van der Waals surface area contributed by atoms with Crippen molar-refractivity contribution in [3.8, 4) is 0 Å². The second-order valence-corrected chi connectivity index (χ2v) is 5.53. The van der Waals surface area contributed by atoms with E-state index in [4.69, 9.17) is 9.47 Å². The van der Waals surface area contributed by atoms with Crippen molar-refractivity contribution in [2.45, 2.75) is 39.0 Å². The molecule has 2 fully saturated rings. The normalized spacial score (nSPS) is 25.5. The van der Waals surface area contributed by atoms with E-state index in [0.717, 1.165) is 25.9 Å². The zero-order chi connectivity index (χ0) is 15.2. The lowest BCUT2D eigenvalue weighted by molar-refractivity contribution is -0.129. The molecule has 0 radical (unpaired) electrons. The Bertz CT molecular complexity index is 371. The molecule has 0 bridgehead atoms. The molecule has 2 heterocycles. The standard InChI is InChI=1S/C14H25N3O4/c1-3-15-14(19)16-12(18)10(2)17-6-4-5-11(9-17)13-20-7-8-21-13/h10-11,13H,3-9H2,1-2H3,(H2,15,16,18,19)/t10-,11-/m0/s1. The fraction of sp³-hybridized carbons (Fsp3) is 0.857. The number of amides is 3. The first-order valence-corrected chi connectivity index (χ1v) is 7.67. The lowest BCUT2D eigenvalue weighted by Crippen LogP contribution is -2.53. The van der Waals surface area contributed by atoms with Crippen LogP contribution in [0.2, 0.25) is 0 Å². The molecule has 0 unspecified atom stereocenters. The molecule has 0 aromatic rings. The molecule has 0 aromatic heterocycles. The summed E-state index contributed by atoms with van der Waals surface area (Å²) in [5.41, 5.74) is 0. The molecule has 0 saturated carbocycles. The van der Waals surface area contributed by atoms with Crippen molar-refractivity contribution in [2.24, 2.45) is 5.92 Å². The Labute approximate surface area is 125 Å². The molecule has 2 N–H and O–H groups in total. The number of imide groups is 1. The molecule has 7 heteroatoms. The first kappa shape index (κ1) is 16.2. The van der Waals surface area contributed by atoms with Gasteiger partial charge >= 0.3 is 6.03 Å². The Kier molecular flexibility index (Phi) is 5.96. The van der Waals surface area contributed by atoms with E-state index in [1.165, 1.54) is 0 Å².